The average Bonchev–Trinajstić information content (AvgIpc) is 2.84. The zero-order valence-electron chi connectivity index (χ0n) is 11.0. The Morgan fingerprint density at radius 1 is 1.45 bits per heavy atom. The van der Waals surface area contributed by atoms with Crippen LogP contribution in [0.4, 0.5) is 10.1 Å². The number of nitrogens with two attached hydrogens (primary N) is 1. The van der Waals surface area contributed by atoms with Gasteiger partial charge in [0.15, 0.2) is 0 Å². The van der Waals surface area contributed by atoms with Gasteiger partial charge in [-0.15, -0.1) is 0 Å². The lowest BCUT2D eigenvalue weighted by atomic mass is 10.2. The van der Waals surface area contributed by atoms with Crippen LogP contribution in [0.15, 0.2) is 36.5 Å². The molecule has 4 nitrogen and oxygen atoms in total. The second-order valence-corrected chi connectivity index (χ2v) is 4.16. The van der Waals surface area contributed by atoms with E-state index in [4.69, 9.17) is 5.73 Å². The number of aromatic nitrogens is 1. The number of anilines is 1. The highest BCUT2D eigenvalue weighted by molar-refractivity contribution is 6.03. The van der Waals surface area contributed by atoms with Crippen LogP contribution in [0.1, 0.15) is 16.1 Å². The molecule has 0 aliphatic heterocycles. The Kier molecular flexibility index (Phi) is 4.18. The van der Waals surface area contributed by atoms with Crippen molar-refractivity contribution >= 4 is 11.6 Å². The highest BCUT2D eigenvalue weighted by atomic mass is 19.1. The van der Waals surface area contributed by atoms with Crippen molar-refractivity contribution in [1.29, 1.82) is 0 Å². The molecule has 1 heterocycles. The fourth-order valence-corrected chi connectivity index (χ4v) is 1.73. The second kappa shape index (κ2) is 6.04. The second-order valence-electron chi connectivity index (χ2n) is 4.16. The number of halogens is 1. The lowest BCUT2D eigenvalue weighted by Crippen LogP contribution is -2.15. The van der Waals surface area contributed by atoms with Gasteiger partial charge >= 0.3 is 0 Å². The maximum absolute atomic E-state index is 13.7. The van der Waals surface area contributed by atoms with Crippen molar-refractivity contribution in [2.24, 2.45) is 12.8 Å². The Morgan fingerprint density at radius 3 is 2.85 bits per heavy atom. The molecule has 0 atom stereocenters. The van der Waals surface area contributed by atoms with Crippen LogP contribution < -0.4 is 11.1 Å². The first-order valence-electron chi connectivity index (χ1n) is 6.03. The molecule has 1 aromatic carbocycles. The van der Waals surface area contributed by atoms with Gasteiger partial charge in [-0.05, 0) is 30.3 Å². The van der Waals surface area contributed by atoms with Gasteiger partial charge in [-0.1, -0.05) is 11.8 Å². The average molecular weight is 271 g/mol. The van der Waals surface area contributed by atoms with Crippen LogP contribution in [0.25, 0.3) is 0 Å². The van der Waals surface area contributed by atoms with Gasteiger partial charge in [0.05, 0.1) is 12.1 Å². The standard InChI is InChI=1S/C15H14FN3O/c1-19-9-3-5-14(19)15(20)18-12-7-6-11(4-2-8-17)13(16)10-12/h3,5-7,9-10H,8,17H2,1H3,(H,18,20). The van der Waals surface area contributed by atoms with E-state index in [0.717, 1.165) is 0 Å². The molecule has 0 radical (unpaired) electrons. The van der Waals surface area contributed by atoms with Crippen molar-refractivity contribution in [2.75, 3.05) is 11.9 Å². The highest BCUT2D eigenvalue weighted by Gasteiger charge is 2.10. The predicted octanol–water partition coefficient (Wildman–Crippen LogP) is 1.73. The zero-order valence-corrected chi connectivity index (χ0v) is 11.0. The molecule has 0 saturated heterocycles. The van der Waals surface area contributed by atoms with Gasteiger partial charge in [-0.25, -0.2) is 4.39 Å². The number of hydrogen-bond donors (Lipinski definition) is 2. The first-order valence-corrected chi connectivity index (χ1v) is 6.03. The highest BCUT2D eigenvalue weighted by Crippen LogP contribution is 2.15. The third-order valence-electron chi connectivity index (χ3n) is 2.73. The smallest absolute Gasteiger partial charge is 0.272 e. The van der Waals surface area contributed by atoms with Crippen LogP contribution in [-0.2, 0) is 7.05 Å². The monoisotopic (exact) mass is 271 g/mol. The van der Waals surface area contributed by atoms with Crippen molar-refractivity contribution in [3.05, 3.63) is 53.6 Å². The minimum atomic E-state index is -0.490. The van der Waals surface area contributed by atoms with E-state index in [9.17, 15) is 9.18 Å². The maximum atomic E-state index is 13.7. The number of aryl methyl sites for hydroxylation is 1. The first-order chi connectivity index (χ1) is 9.61. The fourth-order valence-electron chi connectivity index (χ4n) is 1.73. The predicted molar refractivity (Wildman–Crippen MR) is 75.7 cm³/mol. The molecule has 0 saturated carbocycles. The van der Waals surface area contributed by atoms with Gasteiger partial charge in [-0.2, -0.15) is 0 Å². The van der Waals surface area contributed by atoms with Crippen LogP contribution in [-0.4, -0.2) is 17.0 Å². The van der Waals surface area contributed by atoms with E-state index in [1.54, 1.807) is 36.0 Å². The van der Waals surface area contributed by atoms with Crippen LogP contribution >= 0.6 is 0 Å². The van der Waals surface area contributed by atoms with Gasteiger partial charge in [0.2, 0.25) is 0 Å². The fraction of sp³-hybridized carbons (Fsp3) is 0.133. The Balaban J connectivity index is 2.17. The summed E-state index contributed by atoms with van der Waals surface area (Å²) in [5.41, 5.74) is 6.37. The van der Waals surface area contributed by atoms with E-state index < -0.39 is 5.82 Å². The number of benzene rings is 1. The van der Waals surface area contributed by atoms with Crippen LogP contribution in [0.3, 0.4) is 0 Å². The van der Waals surface area contributed by atoms with Crippen molar-refractivity contribution in [1.82, 2.24) is 4.57 Å². The molecule has 3 N–H and O–H groups in total. The molecule has 2 rings (SSSR count). The molecule has 20 heavy (non-hydrogen) atoms. The molecule has 0 aliphatic carbocycles. The summed E-state index contributed by atoms with van der Waals surface area (Å²) in [6.45, 7) is 0.172. The molecule has 2 aromatic rings. The lowest BCUT2D eigenvalue weighted by Gasteiger charge is -2.06. The molecule has 5 heteroatoms. The van der Waals surface area contributed by atoms with E-state index in [-0.39, 0.29) is 18.0 Å². The zero-order chi connectivity index (χ0) is 14.5. The number of nitrogens with zero attached hydrogens (tertiary/aromatic N) is 1. The molecule has 0 aliphatic rings. The summed E-state index contributed by atoms with van der Waals surface area (Å²) in [6, 6.07) is 7.80. The van der Waals surface area contributed by atoms with Gasteiger partial charge in [0.25, 0.3) is 5.91 Å². The van der Waals surface area contributed by atoms with E-state index >= 15 is 0 Å². The number of amides is 1. The summed E-state index contributed by atoms with van der Waals surface area (Å²) in [5.74, 6) is 4.42. The van der Waals surface area contributed by atoms with Crippen LogP contribution in [0, 0.1) is 17.7 Å². The quantitative estimate of drug-likeness (QED) is 0.817. The van der Waals surface area contributed by atoms with Crippen LogP contribution in [0.2, 0.25) is 0 Å². The Labute approximate surface area is 116 Å². The Morgan fingerprint density at radius 2 is 2.25 bits per heavy atom. The summed E-state index contributed by atoms with van der Waals surface area (Å²) in [4.78, 5) is 12.0. The number of carbonyl (C=O) groups excluding carboxylic acids is 1. The molecule has 0 spiro atoms. The number of nitrogens with one attached hydrogen (secondary N) is 1. The van der Waals surface area contributed by atoms with E-state index in [1.165, 1.54) is 12.1 Å². The lowest BCUT2D eigenvalue weighted by molar-refractivity contribution is 0.101. The van der Waals surface area contributed by atoms with Gasteiger partial charge in [0.1, 0.15) is 11.5 Å². The third kappa shape index (κ3) is 3.05. The number of hydrogen-bond acceptors (Lipinski definition) is 2. The molecule has 1 aromatic heterocycles. The topological polar surface area (TPSA) is 60.0 Å². The largest absolute Gasteiger partial charge is 0.347 e. The van der Waals surface area contributed by atoms with Crippen molar-refractivity contribution in [3.63, 3.8) is 0 Å². The molecule has 1 amide bonds. The SMILES string of the molecule is Cn1cccc1C(=O)Nc1ccc(C#CCN)c(F)c1. The molecule has 0 fully saturated rings. The minimum absolute atomic E-state index is 0.172. The number of carbonyl (C=O) groups is 1. The molecule has 0 unspecified atom stereocenters. The van der Waals surface area contributed by atoms with Gasteiger partial charge in [0, 0.05) is 18.9 Å². The van der Waals surface area contributed by atoms with Crippen LogP contribution in [0.5, 0.6) is 0 Å². The van der Waals surface area contributed by atoms with Gasteiger partial charge in [-0.3, -0.25) is 4.79 Å². The molecule has 0 bridgehead atoms. The Bertz CT molecular complexity index is 695. The minimum Gasteiger partial charge on any atom is -0.347 e. The van der Waals surface area contributed by atoms with E-state index in [1.807, 2.05) is 0 Å². The van der Waals surface area contributed by atoms with Crippen molar-refractivity contribution in [2.45, 2.75) is 0 Å². The Hall–Kier alpha value is -2.58. The molecular weight excluding hydrogens is 257 g/mol. The first kappa shape index (κ1) is 13.8. The molecular formula is C15H14FN3O. The van der Waals surface area contributed by atoms with Crippen molar-refractivity contribution < 1.29 is 9.18 Å². The summed E-state index contributed by atoms with van der Waals surface area (Å²) in [5, 5.41) is 2.64. The number of rotatable bonds is 2. The summed E-state index contributed by atoms with van der Waals surface area (Å²) >= 11 is 0. The summed E-state index contributed by atoms with van der Waals surface area (Å²) in [7, 11) is 1.76. The maximum Gasteiger partial charge on any atom is 0.272 e. The van der Waals surface area contributed by atoms with E-state index in [0.29, 0.717) is 11.4 Å². The summed E-state index contributed by atoms with van der Waals surface area (Å²) < 4.78 is 15.4. The molecule has 102 valence electrons. The summed E-state index contributed by atoms with van der Waals surface area (Å²) in [6.07, 6.45) is 1.76. The van der Waals surface area contributed by atoms with Gasteiger partial charge < -0.3 is 15.6 Å². The third-order valence-corrected chi connectivity index (χ3v) is 2.73. The van der Waals surface area contributed by atoms with Crippen molar-refractivity contribution in [3.8, 4) is 11.8 Å². The van der Waals surface area contributed by atoms with E-state index in [2.05, 4.69) is 17.2 Å². The normalized spacial score (nSPS) is 9.75.